The number of hydrogen-bond acceptors (Lipinski definition) is 4. The second-order valence-electron chi connectivity index (χ2n) is 9.85. The quantitative estimate of drug-likeness (QED) is 0.699. The van der Waals surface area contributed by atoms with E-state index in [4.69, 9.17) is 0 Å². The van der Waals surface area contributed by atoms with Crippen molar-refractivity contribution in [1.82, 2.24) is 20.0 Å². The second kappa shape index (κ2) is 9.92. The SMILES string of the molecule is CC(C)N(C)CCCC(=O)N1CCCC1C(=O)N1CCCC1C(=O)NC(C)(C)C. The molecule has 0 aromatic carbocycles. The summed E-state index contributed by atoms with van der Waals surface area (Å²) in [4.78, 5) is 44.4. The molecule has 7 heteroatoms. The molecule has 0 spiro atoms. The Morgan fingerprint density at radius 1 is 1.03 bits per heavy atom. The topological polar surface area (TPSA) is 73.0 Å². The molecule has 7 nitrogen and oxygen atoms in total. The van der Waals surface area contributed by atoms with Crippen molar-refractivity contribution in [3.8, 4) is 0 Å². The van der Waals surface area contributed by atoms with E-state index in [-0.39, 0.29) is 23.3 Å². The Kier molecular flexibility index (Phi) is 8.09. The van der Waals surface area contributed by atoms with E-state index in [2.05, 4.69) is 31.1 Å². The van der Waals surface area contributed by atoms with Crippen LogP contribution >= 0.6 is 0 Å². The number of nitrogens with one attached hydrogen (secondary N) is 1. The molecule has 0 aromatic rings. The lowest BCUT2D eigenvalue weighted by Crippen LogP contribution is -2.55. The van der Waals surface area contributed by atoms with Gasteiger partial charge >= 0.3 is 0 Å². The monoisotopic (exact) mass is 408 g/mol. The molecule has 2 atom stereocenters. The highest BCUT2D eigenvalue weighted by Gasteiger charge is 2.42. The molecule has 0 bridgehead atoms. The number of nitrogens with zero attached hydrogens (tertiary/aromatic N) is 3. The molecule has 2 aliphatic heterocycles. The van der Waals surface area contributed by atoms with Crippen molar-refractivity contribution in [3.05, 3.63) is 0 Å². The number of amides is 3. The Morgan fingerprint density at radius 3 is 2.21 bits per heavy atom. The number of rotatable bonds is 7. The van der Waals surface area contributed by atoms with E-state index < -0.39 is 12.1 Å². The van der Waals surface area contributed by atoms with Crippen LogP contribution in [0.3, 0.4) is 0 Å². The van der Waals surface area contributed by atoms with Crippen LogP contribution in [0.5, 0.6) is 0 Å². The van der Waals surface area contributed by atoms with Crippen molar-refractivity contribution in [2.24, 2.45) is 0 Å². The van der Waals surface area contributed by atoms with Crippen molar-refractivity contribution in [2.45, 2.75) is 96.8 Å². The van der Waals surface area contributed by atoms with Crippen LogP contribution in [0.15, 0.2) is 0 Å². The van der Waals surface area contributed by atoms with Crippen LogP contribution in [0.4, 0.5) is 0 Å². The van der Waals surface area contributed by atoms with Gasteiger partial charge in [-0.05, 0) is 80.3 Å². The Morgan fingerprint density at radius 2 is 1.62 bits per heavy atom. The van der Waals surface area contributed by atoms with Gasteiger partial charge in [0.25, 0.3) is 0 Å². The molecular weight excluding hydrogens is 368 g/mol. The molecule has 2 fully saturated rings. The second-order valence-corrected chi connectivity index (χ2v) is 9.85. The zero-order valence-corrected chi connectivity index (χ0v) is 19.2. The van der Waals surface area contributed by atoms with Crippen LogP contribution in [-0.2, 0) is 14.4 Å². The predicted molar refractivity (Wildman–Crippen MR) is 114 cm³/mol. The molecule has 0 radical (unpaired) electrons. The number of likely N-dealkylation sites (tertiary alicyclic amines) is 2. The number of carbonyl (C=O) groups excluding carboxylic acids is 3. The van der Waals surface area contributed by atoms with Crippen LogP contribution in [0.1, 0.15) is 73.1 Å². The fourth-order valence-electron chi connectivity index (χ4n) is 4.15. The van der Waals surface area contributed by atoms with Gasteiger partial charge in [-0.1, -0.05) is 0 Å². The highest BCUT2D eigenvalue weighted by Crippen LogP contribution is 2.26. The third-order valence-electron chi connectivity index (χ3n) is 5.98. The molecule has 2 heterocycles. The van der Waals surface area contributed by atoms with Gasteiger partial charge < -0.3 is 20.0 Å². The normalized spacial score (nSPS) is 22.6. The van der Waals surface area contributed by atoms with Gasteiger partial charge in [0.1, 0.15) is 12.1 Å². The molecule has 0 saturated carbocycles. The molecule has 2 saturated heterocycles. The lowest BCUT2D eigenvalue weighted by molar-refractivity contribution is -0.146. The molecular formula is C22H40N4O3. The summed E-state index contributed by atoms with van der Waals surface area (Å²) < 4.78 is 0. The summed E-state index contributed by atoms with van der Waals surface area (Å²) in [5.41, 5.74) is -0.326. The maximum absolute atomic E-state index is 13.3. The summed E-state index contributed by atoms with van der Waals surface area (Å²) in [6.45, 7) is 12.2. The summed E-state index contributed by atoms with van der Waals surface area (Å²) >= 11 is 0. The minimum atomic E-state index is -0.418. The molecule has 2 aliphatic rings. The van der Waals surface area contributed by atoms with Gasteiger partial charge in [-0.25, -0.2) is 0 Å². The third kappa shape index (κ3) is 6.43. The van der Waals surface area contributed by atoms with Crippen molar-refractivity contribution in [1.29, 1.82) is 0 Å². The Hall–Kier alpha value is -1.63. The number of carbonyl (C=O) groups is 3. The van der Waals surface area contributed by atoms with Crippen LogP contribution < -0.4 is 5.32 Å². The first-order valence-electron chi connectivity index (χ1n) is 11.1. The molecule has 0 aromatic heterocycles. The van der Waals surface area contributed by atoms with Gasteiger partial charge in [-0.3, -0.25) is 14.4 Å². The zero-order valence-electron chi connectivity index (χ0n) is 19.2. The van der Waals surface area contributed by atoms with Crippen molar-refractivity contribution >= 4 is 17.7 Å². The zero-order chi connectivity index (χ0) is 21.8. The van der Waals surface area contributed by atoms with E-state index in [1.54, 1.807) is 9.80 Å². The molecule has 0 aliphatic carbocycles. The summed E-state index contributed by atoms with van der Waals surface area (Å²) in [5, 5.41) is 3.00. The van der Waals surface area contributed by atoms with E-state index in [0.29, 0.717) is 38.4 Å². The Bertz CT molecular complexity index is 599. The maximum Gasteiger partial charge on any atom is 0.246 e. The van der Waals surface area contributed by atoms with E-state index in [1.807, 2.05) is 20.8 Å². The number of hydrogen-bond donors (Lipinski definition) is 1. The van der Waals surface area contributed by atoms with Crippen molar-refractivity contribution in [3.63, 3.8) is 0 Å². The molecule has 2 rings (SSSR count). The average Bonchev–Trinajstić information content (AvgIpc) is 3.28. The standard InChI is InChI=1S/C22H40N4O3/c1-16(2)24(6)13-9-12-19(27)25-14-8-11-18(25)21(29)26-15-7-10-17(26)20(28)23-22(3,4)5/h16-18H,7-15H2,1-6H3,(H,23,28). The van der Waals surface area contributed by atoms with E-state index in [9.17, 15) is 14.4 Å². The molecule has 29 heavy (non-hydrogen) atoms. The molecule has 3 amide bonds. The van der Waals surface area contributed by atoms with E-state index in [0.717, 1.165) is 25.8 Å². The fraction of sp³-hybridized carbons (Fsp3) is 0.864. The van der Waals surface area contributed by atoms with Crippen molar-refractivity contribution < 1.29 is 14.4 Å². The first-order chi connectivity index (χ1) is 13.5. The fourth-order valence-corrected chi connectivity index (χ4v) is 4.15. The first kappa shape index (κ1) is 23.6. The van der Waals surface area contributed by atoms with Gasteiger partial charge in [0.05, 0.1) is 0 Å². The van der Waals surface area contributed by atoms with Crippen LogP contribution in [0.25, 0.3) is 0 Å². The summed E-state index contributed by atoms with van der Waals surface area (Å²) in [7, 11) is 2.06. The van der Waals surface area contributed by atoms with Gasteiger partial charge in [-0.15, -0.1) is 0 Å². The Balaban J connectivity index is 1.96. The first-order valence-corrected chi connectivity index (χ1v) is 11.1. The average molecular weight is 409 g/mol. The smallest absolute Gasteiger partial charge is 0.246 e. The minimum absolute atomic E-state index is 0.0540. The molecule has 1 N–H and O–H groups in total. The van der Waals surface area contributed by atoms with Gasteiger partial charge in [0.15, 0.2) is 0 Å². The molecule has 166 valence electrons. The highest BCUT2D eigenvalue weighted by atomic mass is 16.2. The summed E-state index contributed by atoms with van der Waals surface area (Å²) in [6.07, 6.45) is 4.33. The summed E-state index contributed by atoms with van der Waals surface area (Å²) in [5.74, 6) is -0.0782. The predicted octanol–water partition coefficient (Wildman–Crippen LogP) is 2.00. The van der Waals surface area contributed by atoms with Crippen LogP contribution in [0, 0.1) is 0 Å². The lowest BCUT2D eigenvalue weighted by atomic mass is 10.1. The third-order valence-corrected chi connectivity index (χ3v) is 5.98. The van der Waals surface area contributed by atoms with E-state index in [1.165, 1.54) is 0 Å². The summed E-state index contributed by atoms with van der Waals surface area (Å²) in [6, 6.07) is -0.370. The van der Waals surface area contributed by atoms with Crippen LogP contribution in [-0.4, -0.2) is 82.8 Å². The van der Waals surface area contributed by atoms with Gasteiger partial charge in [0.2, 0.25) is 17.7 Å². The van der Waals surface area contributed by atoms with Crippen LogP contribution in [0.2, 0.25) is 0 Å². The minimum Gasteiger partial charge on any atom is -0.350 e. The lowest BCUT2D eigenvalue weighted by Gasteiger charge is -2.32. The van der Waals surface area contributed by atoms with Gasteiger partial charge in [-0.2, -0.15) is 0 Å². The molecule has 2 unspecified atom stereocenters. The Labute approximate surface area is 176 Å². The largest absolute Gasteiger partial charge is 0.350 e. The van der Waals surface area contributed by atoms with E-state index >= 15 is 0 Å². The highest BCUT2D eigenvalue weighted by molar-refractivity contribution is 5.93. The van der Waals surface area contributed by atoms with Gasteiger partial charge in [0, 0.05) is 31.1 Å². The maximum atomic E-state index is 13.3. The van der Waals surface area contributed by atoms with Crippen molar-refractivity contribution in [2.75, 3.05) is 26.7 Å².